The number of nitrogens with zero attached hydrogens (tertiary/aromatic N) is 1. The minimum absolute atomic E-state index is 0.0647. The fourth-order valence-corrected chi connectivity index (χ4v) is 3.50. The van der Waals surface area contributed by atoms with Crippen LogP contribution in [0.2, 0.25) is 0 Å². The molecule has 1 amide bonds. The summed E-state index contributed by atoms with van der Waals surface area (Å²) in [4.78, 5) is 14.4. The van der Waals surface area contributed by atoms with Crippen molar-refractivity contribution in [3.8, 4) is 0 Å². The number of hydrogen-bond donors (Lipinski definition) is 1. The topological polar surface area (TPSA) is 32.3 Å². The van der Waals surface area contributed by atoms with Crippen molar-refractivity contribution in [1.82, 2.24) is 10.2 Å². The molecule has 3 nitrogen and oxygen atoms in total. The van der Waals surface area contributed by atoms with Crippen molar-refractivity contribution < 1.29 is 13.6 Å². The first-order chi connectivity index (χ1) is 10.2. The number of aryl methyl sites for hydroxylation is 1. The number of hydrogen-bond acceptors (Lipinski definition) is 2. The van der Waals surface area contributed by atoms with Crippen molar-refractivity contribution in [3.63, 3.8) is 0 Å². The van der Waals surface area contributed by atoms with Crippen molar-refractivity contribution in [2.45, 2.75) is 44.2 Å². The van der Waals surface area contributed by atoms with Crippen molar-refractivity contribution >= 4 is 5.91 Å². The molecule has 3 rings (SSSR count). The van der Waals surface area contributed by atoms with Gasteiger partial charge in [0.15, 0.2) is 11.6 Å². The molecule has 0 aliphatic carbocycles. The molecule has 0 spiro atoms. The van der Waals surface area contributed by atoms with Crippen molar-refractivity contribution in [3.05, 3.63) is 35.4 Å². The number of nitrogens with one attached hydrogen (secondary N) is 1. The molecule has 2 bridgehead atoms. The molecule has 0 saturated carbocycles. The van der Waals surface area contributed by atoms with Gasteiger partial charge in [-0.05, 0) is 43.9 Å². The maximum absolute atomic E-state index is 13.6. The van der Waals surface area contributed by atoms with E-state index in [9.17, 15) is 13.6 Å². The van der Waals surface area contributed by atoms with Gasteiger partial charge in [0.2, 0.25) is 5.91 Å². The van der Waals surface area contributed by atoms with E-state index in [1.807, 2.05) is 4.90 Å². The highest BCUT2D eigenvalue weighted by Gasteiger charge is 2.37. The molecule has 0 radical (unpaired) electrons. The van der Waals surface area contributed by atoms with Gasteiger partial charge in [-0.1, -0.05) is 12.1 Å². The van der Waals surface area contributed by atoms with Gasteiger partial charge in [-0.15, -0.1) is 0 Å². The average Bonchev–Trinajstić information content (AvgIpc) is 2.73. The highest BCUT2D eigenvalue weighted by atomic mass is 19.2. The van der Waals surface area contributed by atoms with Crippen LogP contribution >= 0.6 is 0 Å². The van der Waals surface area contributed by atoms with Gasteiger partial charge in [0, 0.05) is 25.0 Å². The molecule has 2 saturated heterocycles. The maximum Gasteiger partial charge on any atom is 0.223 e. The molecular formula is C16H20F2N2O. The Morgan fingerprint density at radius 2 is 2.05 bits per heavy atom. The molecular weight excluding hydrogens is 274 g/mol. The Bertz CT molecular complexity index is 521. The van der Waals surface area contributed by atoms with Gasteiger partial charge in [-0.2, -0.15) is 0 Å². The summed E-state index contributed by atoms with van der Waals surface area (Å²) in [5, 5.41) is 3.35. The Kier molecular flexibility index (Phi) is 4.19. The number of fused-ring (bicyclic) bond motifs is 2. The molecule has 2 fully saturated rings. The summed E-state index contributed by atoms with van der Waals surface area (Å²) < 4.78 is 26.8. The third kappa shape index (κ3) is 2.93. The summed E-state index contributed by atoms with van der Waals surface area (Å²) in [6.07, 6.45) is 3.58. The first-order valence-corrected chi connectivity index (χ1v) is 7.61. The molecule has 2 atom stereocenters. The standard InChI is InChI=1S/C16H20F2N2O/c17-14-3-1-2-11(16(14)18)4-7-15(21)20-12-5-6-13(20)10-19-9-8-12/h1-3,12-13,19H,4-10H2. The summed E-state index contributed by atoms with van der Waals surface area (Å²) in [6, 6.07) is 4.71. The zero-order valence-corrected chi connectivity index (χ0v) is 11.9. The number of carbonyl (C=O) groups is 1. The number of rotatable bonds is 3. The van der Waals surface area contributed by atoms with E-state index in [4.69, 9.17) is 0 Å². The molecule has 2 aliphatic rings. The summed E-state index contributed by atoms with van der Waals surface area (Å²) in [5.41, 5.74) is 0.281. The van der Waals surface area contributed by atoms with E-state index < -0.39 is 11.6 Å². The predicted octanol–water partition coefficient (Wildman–Crippen LogP) is 2.25. The quantitative estimate of drug-likeness (QED) is 0.927. The van der Waals surface area contributed by atoms with Crippen LogP contribution in [0.5, 0.6) is 0 Å². The van der Waals surface area contributed by atoms with Crippen LogP contribution < -0.4 is 5.32 Å². The summed E-state index contributed by atoms with van der Waals surface area (Å²) >= 11 is 0. The second-order valence-corrected chi connectivity index (χ2v) is 5.89. The van der Waals surface area contributed by atoms with Crippen molar-refractivity contribution in [1.29, 1.82) is 0 Å². The monoisotopic (exact) mass is 294 g/mol. The summed E-state index contributed by atoms with van der Waals surface area (Å²) in [6.45, 7) is 1.79. The number of benzene rings is 1. The lowest BCUT2D eigenvalue weighted by atomic mass is 10.1. The average molecular weight is 294 g/mol. The molecule has 114 valence electrons. The normalized spacial score (nSPS) is 25.0. The zero-order valence-electron chi connectivity index (χ0n) is 11.9. The number of halogens is 2. The van der Waals surface area contributed by atoms with Crippen molar-refractivity contribution in [2.75, 3.05) is 13.1 Å². The van der Waals surface area contributed by atoms with Crippen LogP contribution in [0.1, 0.15) is 31.2 Å². The molecule has 2 aliphatic heterocycles. The fraction of sp³-hybridized carbons (Fsp3) is 0.562. The van der Waals surface area contributed by atoms with Gasteiger partial charge >= 0.3 is 0 Å². The molecule has 0 aromatic heterocycles. The van der Waals surface area contributed by atoms with Crippen molar-refractivity contribution in [2.24, 2.45) is 0 Å². The highest BCUT2D eigenvalue weighted by molar-refractivity contribution is 5.77. The van der Waals surface area contributed by atoms with Crippen LogP contribution in [-0.2, 0) is 11.2 Å². The van der Waals surface area contributed by atoms with E-state index in [0.29, 0.717) is 6.04 Å². The Hall–Kier alpha value is -1.49. The molecule has 1 N–H and O–H groups in total. The second kappa shape index (κ2) is 6.10. The Balaban J connectivity index is 1.65. The van der Waals surface area contributed by atoms with E-state index in [-0.39, 0.29) is 30.4 Å². The first kappa shape index (κ1) is 14.4. The molecule has 2 heterocycles. The minimum Gasteiger partial charge on any atom is -0.335 e. The fourth-order valence-electron chi connectivity index (χ4n) is 3.50. The number of carbonyl (C=O) groups excluding carboxylic acids is 1. The van der Waals surface area contributed by atoms with E-state index >= 15 is 0 Å². The highest BCUT2D eigenvalue weighted by Crippen LogP contribution is 2.29. The van der Waals surface area contributed by atoms with Crippen LogP contribution in [-0.4, -0.2) is 36.0 Å². The van der Waals surface area contributed by atoms with Gasteiger partial charge in [0.05, 0.1) is 0 Å². The van der Waals surface area contributed by atoms with Gasteiger partial charge < -0.3 is 10.2 Å². The van der Waals surface area contributed by atoms with Gasteiger partial charge in [-0.3, -0.25) is 4.79 Å². The zero-order chi connectivity index (χ0) is 14.8. The molecule has 5 heteroatoms. The second-order valence-electron chi connectivity index (χ2n) is 5.89. The van der Waals surface area contributed by atoms with Crippen LogP contribution in [0.25, 0.3) is 0 Å². The van der Waals surface area contributed by atoms with E-state index in [1.54, 1.807) is 6.07 Å². The smallest absolute Gasteiger partial charge is 0.223 e. The lowest BCUT2D eigenvalue weighted by Gasteiger charge is -2.28. The van der Waals surface area contributed by atoms with E-state index in [0.717, 1.165) is 38.4 Å². The third-order valence-corrected chi connectivity index (χ3v) is 4.58. The van der Waals surface area contributed by atoms with Gasteiger partial charge in [0.25, 0.3) is 0 Å². The largest absolute Gasteiger partial charge is 0.335 e. The van der Waals surface area contributed by atoms with Crippen LogP contribution in [0.4, 0.5) is 8.78 Å². The lowest BCUT2D eigenvalue weighted by Crippen LogP contribution is -2.42. The lowest BCUT2D eigenvalue weighted by molar-refractivity contribution is -0.133. The van der Waals surface area contributed by atoms with Crippen LogP contribution in [0.15, 0.2) is 18.2 Å². The Morgan fingerprint density at radius 1 is 1.24 bits per heavy atom. The maximum atomic E-state index is 13.6. The SMILES string of the molecule is O=C(CCc1cccc(F)c1F)N1C2CCNCC1CC2. The Labute approximate surface area is 123 Å². The number of amides is 1. The van der Waals surface area contributed by atoms with E-state index in [1.165, 1.54) is 6.07 Å². The van der Waals surface area contributed by atoms with Gasteiger partial charge in [0.1, 0.15) is 0 Å². The summed E-state index contributed by atoms with van der Waals surface area (Å²) in [5.74, 6) is -1.61. The third-order valence-electron chi connectivity index (χ3n) is 4.58. The minimum atomic E-state index is -0.848. The molecule has 21 heavy (non-hydrogen) atoms. The molecule has 1 aromatic rings. The molecule has 2 unspecified atom stereocenters. The van der Waals surface area contributed by atoms with Gasteiger partial charge in [-0.25, -0.2) is 8.78 Å². The van der Waals surface area contributed by atoms with Crippen LogP contribution in [0, 0.1) is 11.6 Å². The van der Waals surface area contributed by atoms with Crippen LogP contribution in [0.3, 0.4) is 0 Å². The predicted molar refractivity (Wildman–Crippen MR) is 75.8 cm³/mol. The molecule has 1 aromatic carbocycles. The Morgan fingerprint density at radius 3 is 2.90 bits per heavy atom. The van der Waals surface area contributed by atoms with E-state index in [2.05, 4.69) is 5.32 Å². The first-order valence-electron chi connectivity index (χ1n) is 7.61. The summed E-state index contributed by atoms with van der Waals surface area (Å²) in [7, 11) is 0.